The van der Waals surface area contributed by atoms with Crippen LogP contribution in [-0.2, 0) is 14.3 Å². The summed E-state index contributed by atoms with van der Waals surface area (Å²) in [5.41, 5.74) is 1.83. The van der Waals surface area contributed by atoms with E-state index in [-0.39, 0.29) is 33.6 Å². The molecule has 28 heavy (non-hydrogen) atoms. The topological polar surface area (TPSA) is 55.8 Å². The van der Waals surface area contributed by atoms with Gasteiger partial charge < -0.3 is 14.6 Å². The summed E-state index contributed by atoms with van der Waals surface area (Å²) in [6, 6.07) is 0. The molecule has 0 aromatic rings. The molecule has 0 saturated carbocycles. The largest absolute Gasteiger partial charge is 0.461 e. The second-order valence-corrected chi connectivity index (χ2v) is 12.8. The average Bonchev–Trinajstić information content (AvgIpc) is 3.00. The lowest BCUT2D eigenvalue weighted by Crippen LogP contribution is -2.40. The molecular weight excluding hydrogens is 582 g/mol. The van der Waals surface area contributed by atoms with E-state index < -0.39 is 6.10 Å². The molecule has 6 atom stereocenters. The summed E-state index contributed by atoms with van der Waals surface area (Å²) in [5.74, 6) is -0.305. The molecule has 0 aromatic heterocycles. The smallest absolute Gasteiger partial charge is 0.302 e. The number of aliphatic hydroxyl groups excluding tert-OH is 1. The number of rotatable bonds is 3. The molecule has 0 amide bonds. The van der Waals surface area contributed by atoms with Gasteiger partial charge in [-0.3, -0.25) is 4.79 Å². The highest BCUT2D eigenvalue weighted by Crippen LogP contribution is 2.46. The Labute approximate surface area is 197 Å². The molecule has 2 aliphatic rings. The summed E-state index contributed by atoms with van der Waals surface area (Å²) in [5, 5.41) is 10.9. The van der Waals surface area contributed by atoms with Crippen molar-refractivity contribution in [3.8, 4) is 0 Å². The predicted molar refractivity (Wildman–Crippen MR) is 130 cm³/mol. The van der Waals surface area contributed by atoms with E-state index in [1.807, 2.05) is 13.0 Å². The van der Waals surface area contributed by atoms with Crippen LogP contribution >= 0.6 is 45.2 Å². The molecule has 2 aliphatic heterocycles. The Morgan fingerprint density at radius 1 is 1.32 bits per heavy atom. The van der Waals surface area contributed by atoms with Crippen LogP contribution in [0.4, 0.5) is 0 Å². The Balaban J connectivity index is 2.32. The summed E-state index contributed by atoms with van der Waals surface area (Å²) in [7, 11) is 0. The summed E-state index contributed by atoms with van der Waals surface area (Å²) in [4.78, 5) is 11.3. The molecule has 0 aromatic carbocycles. The molecule has 0 aliphatic carbocycles. The number of alkyl halides is 2. The summed E-state index contributed by atoms with van der Waals surface area (Å²) in [6.07, 6.45) is 7.19. The van der Waals surface area contributed by atoms with Gasteiger partial charge in [0, 0.05) is 20.2 Å². The van der Waals surface area contributed by atoms with Gasteiger partial charge in [-0.1, -0.05) is 63.4 Å². The van der Waals surface area contributed by atoms with Gasteiger partial charge in [0.15, 0.2) is 0 Å². The third-order valence-corrected chi connectivity index (χ3v) is 9.40. The Hall–Kier alpha value is 0.330. The Kier molecular flexibility index (Phi) is 8.87. The maximum atomic E-state index is 11.3. The fourth-order valence-corrected chi connectivity index (χ4v) is 5.71. The highest BCUT2D eigenvalue weighted by molar-refractivity contribution is 14.1. The molecule has 160 valence electrons. The lowest BCUT2D eigenvalue weighted by molar-refractivity contribution is -0.140. The van der Waals surface area contributed by atoms with Crippen molar-refractivity contribution >= 4 is 51.2 Å². The van der Waals surface area contributed by atoms with Gasteiger partial charge in [0.05, 0.1) is 17.8 Å². The van der Waals surface area contributed by atoms with E-state index in [1.54, 1.807) is 0 Å². The van der Waals surface area contributed by atoms with E-state index in [2.05, 4.69) is 65.6 Å². The zero-order valence-corrected chi connectivity index (χ0v) is 21.8. The Morgan fingerprint density at radius 2 is 2.00 bits per heavy atom. The van der Waals surface area contributed by atoms with Gasteiger partial charge >= 0.3 is 5.97 Å². The molecule has 1 N–H and O–H groups in total. The number of aliphatic hydroxyl groups is 1. The molecule has 6 heteroatoms. The molecule has 2 rings (SSSR count). The van der Waals surface area contributed by atoms with E-state index in [0.717, 1.165) is 49.7 Å². The zero-order chi connectivity index (χ0) is 21.1. The summed E-state index contributed by atoms with van der Waals surface area (Å²) >= 11 is 5.06. The van der Waals surface area contributed by atoms with Gasteiger partial charge in [0.2, 0.25) is 0 Å². The Morgan fingerprint density at radius 3 is 2.61 bits per heavy atom. The first-order valence-electron chi connectivity index (χ1n) is 10.1. The van der Waals surface area contributed by atoms with Crippen LogP contribution < -0.4 is 0 Å². The number of halogens is 2. The van der Waals surface area contributed by atoms with Crippen molar-refractivity contribution in [1.82, 2.24) is 0 Å². The molecule has 1 fully saturated rings. The van der Waals surface area contributed by atoms with E-state index in [4.69, 9.17) is 9.47 Å². The number of ether oxygens (including phenoxy) is 2. The average molecular weight is 616 g/mol. The van der Waals surface area contributed by atoms with Crippen molar-refractivity contribution < 1.29 is 19.4 Å². The molecule has 2 heterocycles. The van der Waals surface area contributed by atoms with Gasteiger partial charge in [-0.2, -0.15) is 0 Å². The van der Waals surface area contributed by atoms with Gasteiger partial charge in [-0.25, -0.2) is 0 Å². The second-order valence-electron chi connectivity index (χ2n) is 8.83. The van der Waals surface area contributed by atoms with Crippen LogP contribution in [0, 0.1) is 5.92 Å². The maximum absolute atomic E-state index is 11.3. The standard InChI is InChI=1S/C22H34I2O4/c1-14(2)17-8-10-21(4,24)20-9-11-22(5,28-20)19(23)7-6-16(12-18(17)26)13-27-15(3)25/h12,17-20,26H,1,6-11,13H2,2-5H3/b16-12+/t17-,18+,19+,20-,21-,22-/m1/s1. The molecule has 0 unspecified atom stereocenters. The minimum atomic E-state index is -0.614. The minimum Gasteiger partial charge on any atom is -0.461 e. The first-order chi connectivity index (χ1) is 12.9. The Bertz CT molecular complexity index is 616. The van der Waals surface area contributed by atoms with Crippen LogP contribution in [-0.4, -0.2) is 42.8 Å². The monoisotopic (exact) mass is 616 g/mol. The highest BCUT2D eigenvalue weighted by atomic mass is 127. The number of hydrogen-bond donors (Lipinski definition) is 1. The van der Waals surface area contributed by atoms with E-state index in [1.165, 1.54) is 6.92 Å². The third-order valence-electron chi connectivity index (χ3n) is 6.22. The molecule has 0 spiro atoms. The van der Waals surface area contributed by atoms with Gasteiger partial charge in [-0.15, -0.1) is 0 Å². The number of esters is 1. The first kappa shape index (κ1) is 24.6. The second kappa shape index (κ2) is 10.1. The molecule has 1 saturated heterocycles. The van der Waals surface area contributed by atoms with Crippen molar-refractivity contribution in [2.24, 2.45) is 5.92 Å². The minimum absolute atomic E-state index is 0.00893. The molecule has 4 nitrogen and oxygen atoms in total. The highest BCUT2D eigenvalue weighted by Gasteiger charge is 2.47. The van der Waals surface area contributed by atoms with Crippen molar-refractivity contribution in [2.75, 3.05) is 6.61 Å². The number of fused-ring (bicyclic) bond motifs is 2. The lowest BCUT2D eigenvalue weighted by Gasteiger charge is -2.35. The normalized spacial score (nSPS) is 41.8. The fourth-order valence-electron chi connectivity index (χ4n) is 4.20. The number of hydrogen-bond acceptors (Lipinski definition) is 4. The van der Waals surface area contributed by atoms with Crippen molar-refractivity contribution in [3.63, 3.8) is 0 Å². The van der Waals surface area contributed by atoms with E-state index in [9.17, 15) is 9.90 Å². The zero-order valence-electron chi connectivity index (χ0n) is 17.5. The van der Waals surface area contributed by atoms with Crippen molar-refractivity contribution in [2.45, 2.75) is 91.4 Å². The summed E-state index contributed by atoms with van der Waals surface area (Å²) in [6.45, 7) is 12.3. The quantitative estimate of drug-likeness (QED) is 0.196. The molecule has 2 bridgehead atoms. The van der Waals surface area contributed by atoms with E-state index >= 15 is 0 Å². The number of carbonyl (C=O) groups is 1. The lowest BCUT2D eigenvalue weighted by atomic mass is 9.84. The third kappa shape index (κ3) is 6.41. The number of carbonyl (C=O) groups excluding carboxylic acids is 1. The van der Waals surface area contributed by atoms with Crippen LogP contribution in [0.15, 0.2) is 23.8 Å². The SMILES string of the molecule is C=C(C)[C@H]1CC[C@@](C)(I)[C@H]2CC[C@@](C)(O2)[C@@H](I)CC/C(COC(C)=O)=C\[C@@H]1O. The molecule has 0 radical (unpaired) electrons. The van der Waals surface area contributed by atoms with Crippen LogP contribution in [0.25, 0.3) is 0 Å². The van der Waals surface area contributed by atoms with Crippen molar-refractivity contribution in [3.05, 3.63) is 23.8 Å². The van der Waals surface area contributed by atoms with Crippen molar-refractivity contribution in [1.29, 1.82) is 0 Å². The molecular formula is C22H34I2O4. The van der Waals surface area contributed by atoms with Crippen LogP contribution in [0.5, 0.6) is 0 Å². The fraction of sp³-hybridized carbons (Fsp3) is 0.773. The van der Waals surface area contributed by atoms with E-state index in [0.29, 0.717) is 3.92 Å². The predicted octanol–water partition coefficient (Wildman–Crippen LogP) is 5.54. The van der Waals surface area contributed by atoms with Crippen LogP contribution in [0.1, 0.15) is 66.2 Å². The maximum Gasteiger partial charge on any atom is 0.302 e. The van der Waals surface area contributed by atoms with Crippen LogP contribution in [0.2, 0.25) is 0 Å². The van der Waals surface area contributed by atoms with Gasteiger partial charge in [0.1, 0.15) is 6.61 Å². The van der Waals surface area contributed by atoms with Gasteiger partial charge in [-0.05, 0) is 64.9 Å². The summed E-state index contributed by atoms with van der Waals surface area (Å²) < 4.78 is 12.3. The van der Waals surface area contributed by atoms with Crippen LogP contribution in [0.3, 0.4) is 0 Å². The van der Waals surface area contributed by atoms with Gasteiger partial charge in [0.25, 0.3) is 0 Å². The first-order valence-corrected chi connectivity index (χ1v) is 12.4.